The fourth-order valence-electron chi connectivity index (χ4n) is 1.48. The number of carbonyl (C=O) groups is 2. The van der Waals surface area contributed by atoms with Gasteiger partial charge < -0.3 is 10.6 Å². The molecule has 0 aliphatic heterocycles. The summed E-state index contributed by atoms with van der Waals surface area (Å²) in [5, 5.41) is 7.90. The summed E-state index contributed by atoms with van der Waals surface area (Å²) in [6, 6.07) is 5.28. The molecule has 0 saturated heterocycles. The maximum atomic E-state index is 11.6. The van der Waals surface area contributed by atoms with Gasteiger partial charge >= 0.3 is 6.03 Å². The van der Waals surface area contributed by atoms with Gasteiger partial charge in [-0.3, -0.25) is 10.1 Å². The normalized spacial score (nSPS) is 10.8. The first kappa shape index (κ1) is 16.5. The van der Waals surface area contributed by atoms with Gasteiger partial charge in [0.1, 0.15) is 0 Å². The Kier molecular flexibility index (Phi) is 5.56. The summed E-state index contributed by atoms with van der Waals surface area (Å²) >= 11 is 3.41. The highest BCUT2D eigenvalue weighted by atomic mass is 79.9. The summed E-state index contributed by atoms with van der Waals surface area (Å²) in [6.07, 6.45) is 0. The predicted molar refractivity (Wildman–Crippen MR) is 83.8 cm³/mol. The van der Waals surface area contributed by atoms with Gasteiger partial charge in [0, 0.05) is 15.7 Å². The summed E-state index contributed by atoms with van der Waals surface area (Å²) in [6.45, 7) is 7.55. The Morgan fingerprint density at radius 3 is 2.45 bits per heavy atom. The monoisotopic (exact) mass is 341 g/mol. The van der Waals surface area contributed by atoms with Gasteiger partial charge in [-0.1, -0.05) is 6.07 Å². The number of hydrogen-bond donors (Lipinski definition) is 3. The molecule has 0 aromatic heterocycles. The van der Waals surface area contributed by atoms with Crippen LogP contribution in [-0.2, 0) is 4.79 Å². The van der Waals surface area contributed by atoms with Gasteiger partial charge in [0.15, 0.2) is 0 Å². The topological polar surface area (TPSA) is 70.2 Å². The van der Waals surface area contributed by atoms with Crippen molar-refractivity contribution in [3.8, 4) is 0 Å². The quantitative estimate of drug-likeness (QED) is 0.791. The van der Waals surface area contributed by atoms with E-state index < -0.39 is 6.03 Å². The molecule has 0 atom stereocenters. The largest absolute Gasteiger partial charge is 0.375 e. The van der Waals surface area contributed by atoms with E-state index >= 15 is 0 Å². The Morgan fingerprint density at radius 1 is 1.25 bits per heavy atom. The zero-order valence-corrected chi connectivity index (χ0v) is 13.7. The number of urea groups is 1. The molecular weight excluding hydrogens is 322 g/mol. The lowest BCUT2D eigenvalue weighted by Crippen LogP contribution is -2.49. The van der Waals surface area contributed by atoms with E-state index in [4.69, 9.17) is 0 Å². The first-order chi connectivity index (χ1) is 9.17. The van der Waals surface area contributed by atoms with E-state index in [-0.39, 0.29) is 18.0 Å². The van der Waals surface area contributed by atoms with Gasteiger partial charge in [0.05, 0.1) is 6.54 Å². The molecule has 1 aromatic carbocycles. The Labute approximate surface area is 127 Å². The van der Waals surface area contributed by atoms with Crippen molar-refractivity contribution in [1.82, 2.24) is 10.6 Å². The Morgan fingerprint density at radius 2 is 1.90 bits per heavy atom. The van der Waals surface area contributed by atoms with Gasteiger partial charge in [-0.25, -0.2) is 4.79 Å². The molecule has 0 aliphatic rings. The second-order valence-electron chi connectivity index (χ2n) is 5.59. The molecule has 0 saturated carbocycles. The van der Waals surface area contributed by atoms with Crippen molar-refractivity contribution >= 4 is 33.6 Å². The Balaban J connectivity index is 2.46. The van der Waals surface area contributed by atoms with Crippen molar-refractivity contribution in [2.24, 2.45) is 0 Å². The molecule has 0 aliphatic carbocycles. The number of amides is 3. The number of halogens is 1. The zero-order chi connectivity index (χ0) is 15.3. The maximum absolute atomic E-state index is 11.6. The van der Waals surface area contributed by atoms with Crippen LogP contribution in [0, 0.1) is 6.92 Å². The van der Waals surface area contributed by atoms with Crippen molar-refractivity contribution in [3.05, 3.63) is 28.2 Å². The van der Waals surface area contributed by atoms with Crippen molar-refractivity contribution in [1.29, 1.82) is 0 Å². The second kappa shape index (κ2) is 6.74. The van der Waals surface area contributed by atoms with Gasteiger partial charge in [-0.15, -0.1) is 0 Å². The van der Waals surface area contributed by atoms with Crippen LogP contribution in [0.1, 0.15) is 26.3 Å². The minimum absolute atomic E-state index is 0.0270. The van der Waals surface area contributed by atoms with Crippen LogP contribution in [0.2, 0.25) is 0 Å². The highest BCUT2D eigenvalue weighted by Crippen LogP contribution is 2.22. The van der Waals surface area contributed by atoms with Crippen molar-refractivity contribution in [2.45, 2.75) is 33.2 Å². The molecule has 0 heterocycles. The standard InChI is InChI=1S/C14H20BrN3O2/c1-9-5-6-11(10(15)7-9)16-8-12(19)17-13(20)18-14(2,3)4/h5-7,16H,8H2,1-4H3,(H2,17,18,19,20). The van der Waals surface area contributed by atoms with Crippen molar-refractivity contribution in [2.75, 3.05) is 11.9 Å². The second-order valence-corrected chi connectivity index (χ2v) is 6.44. The fraction of sp³-hybridized carbons (Fsp3) is 0.429. The number of carbonyl (C=O) groups excluding carboxylic acids is 2. The number of nitrogens with one attached hydrogen (secondary N) is 3. The molecule has 0 spiro atoms. The smallest absolute Gasteiger partial charge is 0.321 e. The Bertz CT molecular complexity index is 510. The number of anilines is 1. The van der Waals surface area contributed by atoms with Crippen LogP contribution >= 0.6 is 15.9 Å². The lowest BCUT2D eigenvalue weighted by molar-refractivity contribution is -0.118. The van der Waals surface area contributed by atoms with E-state index in [2.05, 4.69) is 31.9 Å². The molecule has 5 nitrogen and oxygen atoms in total. The third-order valence-corrected chi connectivity index (χ3v) is 2.96. The van der Waals surface area contributed by atoms with E-state index in [0.29, 0.717) is 0 Å². The zero-order valence-electron chi connectivity index (χ0n) is 12.1. The lowest BCUT2D eigenvalue weighted by Gasteiger charge is -2.20. The average Bonchev–Trinajstić information content (AvgIpc) is 2.24. The van der Waals surface area contributed by atoms with Gasteiger partial charge in [0.2, 0.25) is 5.91 Å². The molecule has 0 fully saturated rings. The fourth-order valence-corrected chi connectivity index (χ4v) is 2.12. The maximum Gasteiger partial charge on any atom is 0.321 e. The average molecular weight is 342 g/mol. The molecule has 0 bridgehead atoms. The molecule has 0 unspecified atom stereocenters. The first-order valence-electron chi connectivity index (χ1n) is 6.29. The summed E-state index contributed by atoms with van der Waals surface area (Å²) < 4.78 is 0.879. The van der Waals surface area contributed by atoms with E-state index in [1.165, 1.54) is 0 Å². The van der Waals surface area contributed by atoms with Crippen LogP contribution in [0.3, 0.4) is 0 Å². The highest BCUT2D eigenvalue weighted by molar-refractivity contribution is 9.10. The SMILES string of the molecule is Cc1ccc(NCC(=O)NC(=O)NC(C)(C)C)c(Br)c1. The number of rotatable bonds is 3. The molecule has 6 heteroatoms. The highest BCUT2D eigenvalue weighted by Gasteiger charge is 2.15. The summed E-state index contributed by atoms with van der Waals surface area (Å²) in [5.41, 5.74) is 1.55. The molecule has 1 rings (SSSR count). The summed E-state index contributed by atoms with van der Waals surface area (Å²) in [7, 11) is 0. The van der Waals surface area contributed by atoms with Crippen LogP contribution in [0.4, 0.5) is 10.5 Å². The minimum Gasteiger partial charge on any atom is -0.375 e. The van der Waals surface area contributed by atoms with Crippen LogP contribution in [0.25, 0.3) is 0 Å². The minimum atomic E-state index is -0.493. The molecule has 1 aromatic rings. The van der Waals surface area contributed by atoms with E-state index in [0.717, 1.165) is 15.7 Å². The van der Waals surface area contributed by atoms with Gasteiger partial charge in [-0.05, 0) is 61.3 Å². The molecule has 0 radical (unpaired) electrons. The summed E-state index contributed by atoms with van der Waals surface area (Å²) in [5.74, 6) is -0.390. The Hall–Kier alpha value is -1.56. The number of aryl methyl sites for hydroxylation is 1. The van der Waals surface area contributed by atoms with Gasteiger partial charge in [0.25, 0.3) is 0 Å². The molecule has 3 amide bonds. The molecular formula is C14H20BrN3O2. The molecule has 20 heavy (non-hydrogen) atoms. The van der Waals surface area contributed by atoms with Crippen LogP contribution in [0.15, 0.2) is 22.7 Å². The summed E-state index contributed by atoms with van der Waals surface area (Å²) in [4.78, 5) is 23.2. The first-order valence-corrected chi connectivity index (χ1v) is 7.09. The number of imide groups is 1. The van der Waals surface area contributed by atoms with Gasteiger partial charge in [-0.2, -0.15) is 0 Å². The van der Waals surface area contributed by atoms with E-state index in [1.807, 2.05) is 45.9 Å². The third-order valence-electron chi connectivity index (χ3n) is 2.31. The third kappa shape index (κ3) is 6.06. The van der Waals surface area contributed by atoms with E-state index in [9.17, 15) is 9.59 Å². The van der Waals surface area contributed by atoms with Crippen LogP contribution in [-0.4, -0.2) is 24.0 Å². The molecule has 110 valence electrons. The number of hydrogen-bond acceptors (Lipinski definition) is 3. The van der Waals surface area contributed by atoms with Crippen molar-refractivity contribution in [3.63, 3.8) is 0 Å². The lowest BCUT2D eigenvalue weighted by atomic mass is 10.1. The van der Waals surface area contributed by atoms with E-state index in [1.54, 1.807) is 0 Å². The van der Waals surface area contributed by atoms with Crippen LogP contribution < -0.4 is 16.0 Å². The van der Waals surface area contributed by atoms with Crippen LogP contribution in [0.5, 0.6) is 0 Å². The molecule has 3 N–H and O–H groups in total. The number of benzene rings is 1. The van der Waals surface area contributed by atoms with Crippen molar-refractivity contribution < 1.29 is 9.59 Å². The predicted octanol–water partition coefficient (Wildman–Crippen LogP) is 2.79.